The summed E-state index contributed by atoms with van der Waals surface area (Å²) in [6.45, 7) is 1.45. The number of pyridine rings is 2. The van der Waals surface area contributed by atoms with Crippen molar-refractivity contribution in [1.82, 2.24) is 14.5 Å². The first-order valence-corrected chi connectivity index (χ1v) is 10.2. The fourth-order valence-electron chi connectivity index (χ4n) is 4.25. The molecule has 0 unspecified atom stereocenters. The predicted octanol–water partition coefficient (Wildman–Crippen LogP) is 4.03. The number of hydrogen-bond donors (Lipinski definition) is 3. The molecule has 8 heteroatoms. The molecule has 3 N–H and O–H groups in total. The summed E-state index contributed by atoms with van der Waals surface area (Å²) in [4.78, 5) is 43.7. The number of aromatic nitrogens is 3. The zero-order chi connectivity index (χ0) is 23.3. The van der Waals surface area contributed by atoms with Gasteiger partial charge in [-0.05, 0) is 48.9 Å². The number of halogens is 1. The highest BCUT2D eigenvalue weighted by Gasteiger charge is 2.26. The number of benzene rings is 2. The molecule has 3 heterocycles. The number of carboxylic acid groups (broad SMARTS) is 1. The van der Waals surface area contributed by atoms with Gasteiger partial charge in [-0.1, -0.05) is 12.1 Å². The molecular weight excluding hydrogens is 425 g/mol. The minimum atomic E-state index is -1.29. The minimum Gasteiger partial charge on any atom is -0.477 e. The summed E-state index contributed by atoms with van der Waals surface area (Å²) in [6, 6.07) is 12.9. The molecule has 0 atom stereocenters. The van der Waals surface area contributed by atoms with Gasteiger partial charge < -0.3 is 19.6 Å². The monoisotopic (exact) mass is 443 g/mol. The number of fused-ring (bicyclic) bond motifs is 2. The van der Waals surface area contributed by atoms with E-state index in [0.29, 0.717) is 27.4 Å². The number of rotatable bonds is 4. The zero-order valence-corrected chi connectivity index (χ0v) is 17.5. The normalized spacial score (nSPS) is 11.3. The number of aryl methyl sites for hydroxylation is 1. The lowest BCUT2D eigenvalue weighted by Crippen LogP contribution is -2.18. The third-order valence-corrected chi connectivity index (χ3v) is 5.83. The molecule has 0 saturated heterocycles. The Balaban J connectivity index is 1.86. The average molecular weight is 443 g/mol. The lowest BCUT2D eigenvalue weighted by molar-refractivity contribution is 0.0687. The lowest BCUT2D eigenvalue weighted by atomic mass is 10.0. The van der Waals surface area contributed by atoms with Gasteiger partial charge in [-0.2, -0.15) is 0 Å². The van der Waals surface area contributed by atoms with E-state index in [-0.39, 0.29) is 34.3 Å². The van der Waals surface area contributed by atoms with Crippen LogP contribution in [0.3, 0.4) is 0 Å². The number of aromatic carboxylic acids is 1. The molecule has 5 aromatic rings. The molecule has 7 nitrogen and oxygen atoms in total. The van der Waals surface area contributed by atoms with Crippen molar-refractivity contribution in [2.45, 2.75) is 13.5 Å². The largest absolute Gasteiger partial charge is 0.477 e. The highest BCUT2D eigenvalue weighted by molar-refractivity contribution is 6.08. The van der Waals surface area contributed by atoms with Crippen molar-refractivity contribution in [1.29, 1.82) is 0 Å². The highest BCUT2D eigenvalue weighted by Crippen LogP contribution is 2.35. The van der Waals surface area contributed by atoms with E-state index < -0.39 is 17.3 Å². The summed E-state index contributed by atoms with van der Waals surface area (Å²) in [6.07, 6.45) is 2.98. The maximum Gasteiger partial charge on any atom is 0.353 e. The Morgan fingerprint density at radius 2 is 1.85 bits per heavy atom. The van der Waals surface area contributed by atoms with Crippen LogP contribution in [0.1, 0.15) is 21.6 Å². The van der Waals surface area contributed by atoms with Crippen molar-refractivity contribution >= 4 is 27.8 Å². The average Bonchev–Trinajstić information content (AvgIpc) is 3.09. The van der Waals surface area contributed by atoms with E-state index in [1.807, 2.05) is 0 Å². The number of H-pyrrole nitrogens is 2. The van der Waals surface area contributed by atoms with Crippen molar-refractivity contribution in [3.63, 3.8) is 0 Å². The van der Waals surface area contributed by atoms with Crippen molar-refractivity contribution in [3.05, 3.63) is 104 Å². The minimum absolute atomic E-state index is 0.120. The maximum atomic E-state index is 14.6. The molecule has 0 fully saturated rings. The molecule has 0 bridgehead atoms. The van der Waals surface area contributed by atoms with Crippen LogP contribution in [0.4, 0.5) is 4.39 Å². The second-order valence-corrected chi connectivity index (χ2v) is 7.83. The van der Waals surface area contributed by atoms with E-state index in [2.05, 4.69) is 9.97 Å². The Kier molecular flexibility index (Phi) is 4.70. The fraction of sp³-hybridized carbons (Fsp3) is 0.0800. The smallest absolute Gasteiger partial charge is 0.353 e. The van der Waals surface area contributed by atoms with Crippen molar-refractivity contribution in [3.8, 4) is 11.1 Å². The summed E-state index contributed by atoms with van der Waals surface area (Å²) in [7, 11) is 0. The van der Waals surface area contributed by atoms with E-state index in [9.17, 15) is 23.9 Å². The molecule has 3 aromatic heterocycles. The van der Waals surface area contributed by atoms with Gasteiger partial charge in [0, 0.05) is 45.4 Å². The first-order chi connectivity index (χ1) is 15.9. The van der Waals surface area contributed by atoms with Gasteiger partial charge in [-0.3, -0.25) is 9.59 Å². The van der Waals surface area contributed by atoms with Gasteiger partial charge in [0.25, 0.3) is 5.56 Å². The van der Waals surface area contributed by atoms with E-state index in [4.69, 9.17) is 0 Å². The Hall–Kier alpha value is -4.46. The van der Waals surface area contributed by atoms with Gasteiger partial charge >= 0.3 is 5.97 Å². The number of para-hydroxylation sites is 1. The molecule has 0 aliphatic rings. The van der Waals surface area contributed by atoms with E-state index in [1.54, 1.807) is 37.3 Å². The van der Waals surface area contributed by atoms with Crippen LogP contribution in [0.5, 0.6) is 0 Å². The number of nitrogens with one attached hydrogen (secondary N) is 2. The molecule has 0 spiro atoms. The quantitative estimate of drug-likeness (QED) is 0.390. The Morgan fingerprint density at radius 1 is 1.06 bits per heavy atom. The second kappa shape index (κ2) is 7.59. The molecule has 0 aliphatic carbocycles. The highest BCUT2D eigenvalue weighted by atomic mass is 19.1. The van der Waals surface area contributed by atoms with Crippen LogP contribution in [0.2, 0.25) is 0 Å². The standard InChI is InChI=1S/C25H18FN3O4/c1-13-9-17-20(10-18(13)26)29(12-14-11-28-19-7-3-2-5-15(19)23(14)30)22(25(32)33)21(17)16-6-4-8-27-24(16)31/h2-11H,12H2,1H3,(H,27,31)(H,28,30)(H,32,33). The summed E-state index contributed by atoms with van der Waals surface area (Å²) < 4.78 is 16.0. The summed E-state index contributed by atoms with van der Waals surface area (Å²) in [5, 5.41) is 11.0. The fourth-order valence-corrected chi connectivity index (χ4v) is 4.25. The Labute approximate surface area is 185 Å². The van der Waals surface area contributed by atoms with Crippen LogP contribution in [-0.2, 0) is 6.54 Å². The summed E-state index contributed by atoms with van der Waals surface area (Å²) in [5.74, 6) is -1.81. The zero-order valence-electron chi connectivity index (χ0n) is 17.5. The van der Waals surface area contributed by atoms with Gasteiger partial charge in [0.1, 0.15) is 11.5 Å². The lowest BCUT2D eigenvalue weighted by Gasteiger charge is -2.10. The molecule has 0 radical (unpaired) electrons. The molecule has 0 saturated carbocycles. The summed E-state index contributed by atoms with van der Waals surface area (Å²) in [5.41, 5.74) is 0.965. The first kappa shape index (κ1) is 20.4. The topological polar surface area (TPSA) is 108 Å². The maximum absolute atomic E-state index is 14.6. The van der Waals surface area contributed by atoms with Crippen LogP contribution in [0.25, 0.3) is 32.9 Å². The van der Waals surface area contributed by atoms with Gasteiger partial charge in [-0.15, -0.1) is 0 Å². The molecule has 2 aromatic carbocycles. The second-order valence-electron chi connectivity index (χ2n) is 7.83. The van der Waals surface area contributed by atoms with E-state index in [0.717, 1.165) is 0 Å². The molecular formula is C25H18FN3O4. The van der Waals surface area contributed by atoms with Crippen molar-refractivity contribution in [2.24, 2.45) is 0 Å². The molecule has 0 amide bonds. The third kappa shape index (κ3) is 3.23. The van der Waals surface area contributed by atoms with Crippen LogP contribution < -0.4 is 11.0 Å². The Morgan fingerprint density at radius 3 is 2.61 bits per heavy atom. The molecule has 33 heavy (non-hydrogen) atoms. The van der Waals surface area contributed by atoms with Crippen LogP contribution in [-0.4, -0.2) is 25.6 Å². The first-order valence-electron chi connectivity index (χ1n) is 10.2. The van der Waals surface area contributed by atoms with Gasteiger partial charge in [0.05, 0.1) is 12.1 Å². The Bertz CT molecular complexity index is 1690. The van der Waals surface area contributed by atoms with Crippen LogP contribution in [0.15, 0.2) is 70.5 Å². The van der Waals surface area contributed by atoms with Crippen LogP contribution >= 0.6 is 0 Å². The predicted molar refractivity (Wildman–Crippen MR) is 123 cm³/mol. The SMILES string of the molecule is Cc1cc2c(-c3ccc[nH]c3=O)c(C(=O)O)n(Cc3c[nH]c4ccccc4c3=O)c2cc1F. The number of nitrogens with zero attached hydrogens (tertiary/aromatic N) is 1. The summed E-state index contributed by atoms with van der Waals surface area (Å²) >= 11 is 0. The number of carbonyl (C=O) groups is 1. The molecule has 0 aliphatic heterocycles. The number of hydrogen-bond acceptors (Lipinski definition) is 3. The number of aromatic amines is 2. The van der Waals surface area contributed by atoms with E-state index in [1.165, 1.54) is 35.2 Å². The van der Waals surface area contributed by atoms with Gasteiger partial charge in [-0.25, -0.2) is 9.18 Å². The van der Waals surface area contributed by atoms with E-state index >= 15 is 0 Å². The van der Waals surface area contributed by atoms with Gasteiger partial charge in [0.15, 0.2) is 5.43 Å². The van der Waals surface area contributed by atoms with Crippen LogP contribution in [0, 0.1) is 12.7 Å². The molecule has 164 valence electrons. The molecule has 5 rings (SSSR count). The number of carboxylic acids is 1. The van der Waals surface area contributed by atoms with Gasteiger partial charge in [0.2, 0.25) is 0 Å². The van der Waals surface area contributed by atoms with Crippen molar-refractivity contribution in [2.75, 3.05) is 0 Å². The third-order valence-electron chi connectivity index (χ3n) is 5.83. The van der Waals surface area contributed by atoms with Crippen molar-refractivity contribution < 1.29 is 14.3 Å².